The van der Waals surface area contributed by atoms with Crippen LogP contribution in [0.15, 0.2) is 55.1 Å². The van der Waals surface area contributed by atoms with Crippen molar-refractivity contribution in [3.8, 4) is 0 Å². The Kier molecular flexibility index (Phi) is 9.61. The lowest BCUT2D eigenvalue weighted by Crippen LogP contribution is -2.42. The molecule has 144 valence electrons. The predicted octanol–water partition coefficient (Wildman–Crippen LogP) is 6.29. The first-order valence-corrected chi connectivity index (χ1v) is 9.85. The van der Waals surface area contributed by atoms with E-state index in [1.165, 1.54) is 36.8 Å². The van der Waals surface area contributed by atoms with Gasteiger partial charge >= 0.3 is 0 Å². The van der Waals surface area contributed by atoms with E-state index < -0.39 is 0 Å². The summed E-state index contributed by atoms with van der Waals surface area (Å²) >= 11 is 0. The fraction of sp³-hybridized carbons (Fsp3) is 0.500. The molecule has 1 atom stereocenters. The summed E-state index contributed by atoms with van der Waals surface area (Å²) in [5, 5.41) is 0. The van der Waals surface area contributed by atoms with Crippen LogP contribution in [0.5, 0.6) is 0 Å². The van der Waals surface area contributed by atoms with Crippen LogP contribution >= 0.6 is 0 Å². The molecule has 0 amide bonds. The maximum Gasteiger partial charge on any atom is 0.0887 e. The Morgan fingerprint density at radius 2 is 1.65 bits per heavy atom. The second-order valence-corrected chi connectivity index (χ2v) is 7.39. The van der Waals surface area contributed by atoms with E-state index in [0.717, 1.165) is 11.1 Å². The average molecular weight is 355 g/mol. The summed E-state index contributed by atoms with van der Waals surface area (Å²) in [5.74, 6) is 0. The lowest BCUT2D eigenvalue weighted by atomic mass is 9.92. The zero-order valence-electron chi connectivity index (χ0n) is 17.8. The Morgan fingerprint density at radius 3 is 2.15 bits per heavy atom. The molecule has 0 spiro atoms. The molecule has 0 N–H and O–H groups in total. The van der Waals surface area contributed by atoms with Gasteiger partial charge in [0.25, 0.3) is 0 Å². The molecular formula is C24H38N2. The zero-order valence-corrected chi connectivity index (χ0v) is 17.8. The summed E-state index contributed by atoms with van der Waals surface area (Å²) in [7, 11) is 6.61. The van der Waals surface area contributed by atoms with E-state index in [9.17, 15) is 0 Å². The lowest BCUT2D eigenvalue weighted by molar-refractivity contribution is 0.0561. The van der Waals surface area contributed by atoms with Crippen molar-refractivity contribution < 1.29 is 0 Å². The minimum atomic E-state index is 0.225. The molecule has 1 aromatic rings. The predicted molar refractivity (Wildman–Crippen MR) is 117 cm³/mol. The minimum Gasteiger partial charge on any atom is -0.290 e. The molecule has 1 rings (SSSR count). The van der Waals surface area contributed by atoms with Crippen LogP contribution in [0.4, 0.5) is 0 Å². The maximum absolute atomic E-state index is 4.37. The molecule has 2 nitrogen and oxygen atoms in total. The number of hydrogen-bond acceptors (Lipinski definition) is 2. The van der Waals surface area contributed by atoms with Crippen LogP contribution in [0.2, 0.25) is 0 Å². The fourth-order valence-corrected chi connectivity index (χ4v) is 3.77. The average Bonchev–Trinajstić information content (AvgIpc) is 2.61. The Labute approximate surface area is 161 Å². The molecule has 0 aliphatic rings. The van der Waals surface area contributed by atoms with Gasteiger partial charge in [-0.2, -0.15) is 0 Å². The van der Waals surface area contributed by atoms with Gasteiger partial charge in [0.15, 0.2) is 0 Å². The molecule has 0 aliphatic carbocycles. The van der Waals surface area contributed by atoms with E-state index in [2.05, 4.69) is 89.1 Å². The highest BCUT2D eigenvalue weighted by molar-refractivity contribution is 5.79. The first-order chi connectivity index (χ1) is 12.4. The molecule has 0 aliphatic heterocycles. The van der Waals surface area contributed by atoms with Crippen LogP contribution in [0.25, 0.3) is 5.57 Å². The largest absolute Gasteiger partial charge is 0.290 e. The van der Waals surface area contributed by atoms with E-state index in [-0.39, 0.29) is 6.17 Å². The van der Waals surface area contributed by atoms with Gasteiger partial charge in [-0.1, -0.05) is 76.3 Å². The molecule has 0 radical (unpaired) electrons. The number of allylic oxidation sites excluding steroid dienone is 4. The highest BCUT2D eigenvalue weighted by Crippen LogP contribution is 2.33. The third-order valence-corrected chi connectivity index (χ3v) is 5.10. The van der Waals surface area contributed by atoms with Crippen LogP contribution in [-0.2, 0) is 0 Å². The third-order valence-electron chi connectivity index (χ3n) is 5.10. The van der Waals surface area contributed by atoms with Crippen LogP contribution in [0.1, 0.15) is 63.7 Å². The van der Waals surface area contributed by atoms with Gasteiger partial charge in [0.1, 0.15) is 0 Å². The molecule has 1 unspecified atom stereocenters. The molecule has 0 bridgehead atoms. The van der Waals surface area contributed by atoms with Crippen molar-refractivity contribution in [3.05, 3.63) is 66.3 Å². The number of nitrogens with zero attached hydrogens (tertiary/aromatic N) is 2. The molecule has 0 fully saturated rings. The van der Waals surface area contributed by atoms with Crippen molar-refractivity contribution in [1.82, 2.24) is 9.80 Å². The lowest BCUT2D eigenvalue weighted by Gasteiger charge is -2.40. The van der Waals surface area contributed by atoms with Crippen LogP contribution in [0, 0.1) is 0 Å². The third kappa shape index (κ3) is 5.69. The quantitative estimate of drug-likeness (QED) is 0.340. The van der Waals surface area contributed by atoms with Crippen molar-refractivity contribution in [2.75, 3.05) is 21.1 Å². The number of benzene rings is 1. The normalized spacial score (nSPS) is 13.5. The smallest absolute Gasteiger partial charge is 0.0887 e. The van der Waals surface area contributed by atoms with E-state index in [4.69, 9.17) is 0 Å². The first-order valence-electron chi connectivity index (χ1n) is 9.85. The molecule has 26 heavy (non-hydrogen) atoms. The van der Waals surface area contributed by atoms with Crippen molar-refractivity contribution >= 4 is 5.57 Å². The minimum absolute atomic E-state index is 0.225. The Bertz CT molecular complexity index is 606. The molecule has 0 saturated heterocycles. The first kappa shape index (κ1) is 22.4. The van der Waals surface area contributed by atoms with E-state index in [0.29, 0.717) is 6.04 Å². The highest BCUT2D eigenvalue weighted by Gasteiger charge is 2.27. The highest BCUT2D eigenvalue weighted by atomic mass is 15.3. The molecule has 2 heteroatoms. The second kappa shape index (κ2) is 11.2. The summed E-state index contributed by atoms with van der Waals surface area (Å²) in [6, 6.07) is 9.27. The Hall–Kier alpha value is -1.64. The molecule has 0 saturated carbocycles. The summed E-state index contributed by atoms with van der Waals surface area (Å²) in [6.07, 6.45) is 8.97. The maximum atomic E-state index is 4.37. The zero-order chi connectivity index (χ0) is 19.7. The van der Waals surface area contributed by atoms with Gasteiger partial charge in [0.2, 0.25) is 0 Å². The SMILES string of the molecule is C=C/C=C(\C)C(=C)c1ccccc1C(N(C)C)N(C)C(CCC)CCC. The van der Waals surface area contributed by atoms with Crippen molar-refractivity contribution in [2.45, 2.75) is 58.7 Å². The van der Waals surface area contributed by atoms with Crippen molar-refractivity contribution in [1.29, 1.82) is 0 Å². The van der Waals surface area contributed by atoms with Gasteiger partial charge in [-0.3, -0.25) is 9.80 Å². The van der Waals surface area contributed by atoms with Gasteiger partial charge in [0.05, 0.1) is 6.17 Å². The molecule has 1 aromatic carbocycles. The standard InChI is InChI=1S/C24H38N2/c1-9-14-19(4)20(5)22-17-12-13-18-23(22)24(25(6)7)26(8)21(15-10-2)16-11-3/h9,12-14,17-18,21,24H,1,5,10-11,15-16H2,2-4,6-8H3/b19-14+. The summed E-state index contributed by atoms with van der Waals surface area (Å²) in [6.45, 7) is 14.9. The van der Waals surface area contributed by atoms with Gasteiger partial charge in [-0.15, -0.1) is 0 Å². The summed E-state index contributed by atoms with van der Waals surface area (Å²) in [5.41, 5.74) is 4.77. The second-order valence-electron chi connectivity index (χ2n) is 7.39. The molecule has 0 heterocycles. The van der Waals surface area contributed by atoms with E-state index in [1.54, 1.807) is 0 Å². The molecular weight excluding hydrogens is 316 g/mol. The van der Waals surface area contributed by atoms with Crippen LogP contribution in [0.3, 0.4) is 0 Å². The topological polar surface area (TPSA) is 6.48 Å². The summed E-state index contributed by atoms with van der Waals surface area (Å²) < 4.78 is 0. The number of hydrogen-bond donors (Lipinski definition) is 0. The monoisotopic (exact) mass is 354 g/mol. The Balaban J connectivity index is 3.36. The fourth-order valence-electron chi connectivity index (χ4n) is 3.77. The van der Waals surface area contributed by atoms with Crippen LogP contribution in [-0.4, -0.2) is 37.0 Å². The van der Waals surface area contributed by atoms with Crippen LogP contribution < -0.4 is 0 Å². The van der Waals surface area contributed by atoms with Gasteiger partial charge in [-0.05, 0) is 63.2 Å². The summed E-state index contributed by atoms with van der Waals surface area (Å²) in [4.78, 5) is 4.86. The van der Waals surface area contributed by atoms with Gasteiger partial charge in [0, 0.05) is 6.04 Å². The van der Waals surface area contributed by atoms with E-state index in [1.807, 2.05) is 12.2 Å². The Morgan fingerprint density at radius 1 is 1.08 bits per heavy atom. The van der Waals surface area contributed by atoms with Gasteiger partial charge in [-0.25, -0.2) is 0 Å². The number of rotatable bonds is 11. The van der Waals surface area contributed by atoms with Crippen molar-refractivity contribution in [2.24, 2.45) is 0 Å². The molecule has 0 aromatic heterocycles. The van der Waals surface area contributed by atoms with Crippen molar-refractivity contribution in [3.63, 3.8) is 0 Å². The van der Waals surface area contributed by atoms with E-state index >= 15 is 0 Å². The van der Waals surface area contributed by atoms with Gasteiger partial charge < -0.3 is 0 Å².